The van der Waals surface area contributed by atoms with E-state index in [1.807, 2.05) is 12.1 Å². The van der Waals surface area contributed by atoms with Gasteiger partial charge in [-0.05, 0) is 54.2 Å². The van der Waals surface area contributed by atoms with Crippen molar-refractivity contribution in [3.8, 4) is 0 Å². The number of aliphatic hydroxyl groups is 1. The fraction of sp³-hybridized carbons (Fsp3) is 0.417. The number of halogens is 1. The molecular weight excluding hydrogens is 354 g/mol. The van der Waals surface area contributed by atoms with E-state index in [1.54, 1.807) is 0 Å². The predicted octanol–water partition coefficient (Wildman–Crippen LogP) is 7.23. The van der Waals surface area contributed by atoms with Gasteiger partial charge in [-0.1, -0.05) is 63.6 Å². The van der Waals surface area contributed by atoms with Crippen LogP contribution < -0.4 is 4.90 Å². The molecule has 144 valence electrons. The van der Waals surface area contributed by atoms with Gasteiger partial charge < -0.3 is 10.0 Å². The maximum atomic E-state index is 9.72. The van der Waals surface area contributed by atoms with Crippen LogP contribution in [0.15, 0.2) is 66.6 Å². The first kappa shape index (κ1) is 19.8. The molecule has 0 atom stereocenters. The van der Waals surface area contributed by atoms with E-state index in [4.69, 9.17) is 11.6 Å². The number of hydrogen-bond donors (Lipinski definition) is 1. The molecule has 1 heterocycles. The van der Waals surface area contributed by atoms with E-state index >= 15 is 0 Å². The van der Waals surface area contributed by atoms with E-state index in [-0.39, 0.29) is 11.2 Å². The number of nitrogens with zero attached hydrogens (tertiary/aromatic N) is 1. The van der Waals surface area contributed by atoms with Gasteiger partial charge >= 0.3 is 0 Å². The standard InChI is InChI=1S/C24H30ClNO/c1-5-17(3)23-20(6-2)24(13-8-7-9-14-24)21-16-19(25)10-11-22(21)26(23)15-12-18(4)27/h6,10-11,16,27H,2-5,7-9,12-15H2,1H3. The Hall–Kier alpha value is -1.93. The Kier molecular flexibility index (Phi) is 5.86. The minimum Gasteiger partial charge on any atom is -0.513 e. The average molecular weight is 384 g/mol. The summed E-state index contributed by atoms with van der Waals surface area (Å²) in [4.78, 5) is 2.29. The zero-order valence-electron chi connectivity index (χ0n) is 16.4. The fourth-order valence-electron chi connectivity index (χ4n) is 4.77. The first-order chi connectivity index (χ1) is 12.9. The number of allylic oxidation sites excluding steroid dienone is 3. The number of hydrogen-bond acceptors (Lipinski definition) is 2. The summed E-state index contributed by atoms with van der Waals surface area (Å²) in [5, 5.41) is 10.5. The number of anilines is 1. The molecule has 0 aromatic heterocycles. The zero-order chi connectivity index (χ0) is 19.6. The highest BCUT2D eigenvalue weighted by molar-refractivity contribution is 6.30. The van der Waals surface area contributed by atoms with Crippen molar-refractivity contribution in [3.05, 3.63) is 77.2 Å². The van der Waals surface area contributed by atoms with Gasteiger partial charge in [0.05, 0.1) is 5.76 Å². The maximum absolute atomic E-state index is 9.72. The molecule has 0 unspecified atom stereocenters. The Labute approximate surface area is 168 Å². The monoisotopic (exact) mass is 383 g/mol. The molecule has 0 bridgehead atoms. The van der Waals surface area contributed by atoms with E-state index in [0.717, 1.165) is 29.9 Å². The fourth-order valence-corrected chi connectivity index (χ4v) is 4.94. The van der Waals surface area contributed by atoms with Crippen molar-refractivity contribution < 1.29 is 5.11 Å². The third-order valence-corrected chi connectivity index (χ3v) is 6.34. The van der Waals surface area contributed by atoms with Crippen LogP contribution in [0.1, 0.15) is 57.4 Å². The third kappa shape index (κ3) is 3.48. The maximum Gasteiger partial charge on any atom is 0.0868 e. The van der Waals surface area contributed by atoms with Gasteiger partial charge in [-0.3, -0.25) is 0 Å². The molecule has 0 saturated heterocycles. The van der Waals surface area contributed by atoms with Crippen LogP contribution in [0.5, 0.6) is 0 Å². The second-order valence-corrected chi connectivity index (χ2v) is 8.13. The number of fused-ring (bicyclic) bond motifs is 2. The summed E-state index contributed by atoms with van der Waals surface area (Å²) in [7, 11) is 0. The van der Waals surface area contributed by atoms with Crippen LogP contribution >= 0.6 is 11.6 Å². The van der Waals surface area contributed by atoms with E-state index in [0.29, 0.717) is 13.0 Å². The van der Waals surface area contributed by atoms with Crippen LogP contribution in [0, 0.1) is 0 Å². The van der Waals surface area contributed by atoms with Crippen molar-refractivity contribution in [1.29, 1.82) is 0 Å². The van der Waals surface area contributed by atoms with Crippen molar-refractivity contribution in [2.75, 3.05) is 11.4 Å². The normalized spacial score (nSPS) is 18.4. The minimum atomic E-state index is -0.0413. The molecule has 3 rings (SSSR count). The molecular formula is C24H30ClNO. The van der Waals surface area contributed by atoms with Gasteiger partial charge in [0, 0.05) is 34.8 Å². The van der Waals surface area contributed by atoms with Gasteiger partial charge in [-0.25, -0.2) is 0 Å². The molecule has 2 nitrogen and oxygen atoms in total. The highest BCUT2D eigenvalue weighted by atomic mass is 35.5. The topological polar surface area (TPSA) is 23.5 Å². The minimum absolute atomic E-state index is 0.0413. The summed E-state index contributed by atoms with van der Waals surface area (Å²) in [6.45, 7) is 15.1. The second kappa shape index (κ2) is 7.98. The van der Waals surface area contributed by atoms with Crippen molar-refractivity contribution in [2.45, 2.75) is 57.3 Å². The van der Waals surface area contributed by atoms with Crippen LogP contribution in [0.25, 0.3) is 0 Å². The lowest BCUT2D eigenvalue weighted by atomic mass is 9.62. The predicted molar refractivity (Wildman–Crippen MR) is 117 cm³/mol. The van der Waals surface area contributed by atoms with E-state index < -0.39 is 0 Å². The van der Waals surface area contributed by atoms with Crippen molar-refractivity contribution >= 4 is 17.3 Å². The molecule has 1 saturated carbocycles. The second-order valence-electron chi connectivity index (χ2n) is 7.70. The summed E-state index contributed by atoms with van der Waals surface area (Å²) < 4.78 is 0. The first-order valence-electron chi connectivity index (χ1n) is 9.94. The SMILES string of the molecule is C=CC1=C(C(=C)CC)N(CCC(=C)O)c2ccc(Cl)cc2C12CCCCC2. The molecule has 2 aliphatic rings. The summed E-state index contributed by atoms with van der Waals surface area (Å²) in [5.74, 6) is 0.199. The van der Waals surface area contributed by atoms with Gasteiger partial charge in [0.25, 0.3) is 0 Å². The number of rotatable bonds is 6. The molecule has 1 aliphatic carbocycles. The Morgan fingerprint density at radius 2 is 1.96 bits per heavy atom. The molecule has 27 heavy (non-hydrogen) atoms. The molecule has 1 aliphatic heterocycles. The van der Waals surface area contributed by atoms with Crippen molar-refractivity contribution in [2.24, 2.45) is 0 Å². The largest absolute Gasteiger partial charge is 0.513 e. The molecule has 3 heteroatoms. The highest BCUT2D eigenvalue weighted by Crippen LogP contribution is 2.55. The van der Waals surface area contributed by atoms with Crippen LogP contribution in [0.2, 0.25) is 5.02 Å². The zero-order valence-corrected chi connectivity index (χ0v) is 17.1. The molecule has 1 N–H and O–H groups in total. The summed E-state index contributed by atoms with van der Waals surface area (Å²) in [6, 6.07) is 6.22. The van der Waals surface area contributed by atoms with Gasteiger partial charge in [-0.15, -0.1) is 0 Å². The lowest BCUT2D eigenvalue weighted by Crippen LogP contribution is -2.41. The van der Waals surface area contributed by atoms with Gasteiger partial charge in [-0.2, -0.15) is 0 Å². The van der Waals surface area contributed by atoms with Crippen LogP contribution in [-0.2, 0) is 5.41 Å². The highest BCUT2D eigenvalue weighted by Gasteiger charge is 2.44. The van der Waals surface area contributed by atoms with E-state index in [2.05, 4.69) is 43.7 Å². The molecule has 1 fully saturated rings. The molecule has 1 spiro atoms. The Morgan fingerprint density at radius 3 is 2.56 bits per heavy atom. The Balaban J connectivity index is 2.27. The summed E-state index contributed by atoms with van der Waals surface area (Å²) in [5.41, 5.74) is 5.98. The molecule has 0 amide bonds. The van der Waals surface area contributed by atoms with Gasteiger partial charge in [0.2, 0.25) is 0 Å². The quantitative estimate of drug-likeness (QED) is 0.523. The van der Waals surface area contributed by atoms with Crippen LogP contribution in [0.4, 0.5) is 5.69 Å². The van der Waals surface area contributed by atoms with Gasteiger partial charge in [0.1, 0.15) is 0 Å². The molecule has 0 radical (unpaired) electrons. The lowest BCUT2D eigenvalue weighted by Gasteiger charge is -2.49. The van der Waals surface area contributed by atoms with E-state index in [9.17, 15) is 5.11 Å². The average Bonchev–Trinajstić information content (AvgIpc) is 2.67. The van der Waals surface area contributed by atoms with E-state index in [1.165, 1.54) is 41.8 Å². The van der Waals surface area contributed by atoms with Crippen LogP contribution in [-0.4, -0.2) is 11.7 Å². The Morgan fingerprint density at radius 1 is 1.26 bits per heavy atom. The number of benzene rings is 1. The van der Waals surface area contributed by atoms with Crippen molar-refractivity contribution in [1.82, 2.24) is 0 Å². The summed E-state index contributed by atoms with van der Waals surface area (Å²) in [6.07, 6.45) is 9.35. The van der Waals surface area contributed by atoms with Crippen LogP contribution in [0.3, 0.4) is 0 Å². The third-order valence-electron chi connectivity index (χ3n) is 6.10. The smallest absolute Gasteiger partial charge is 0.0868 e. The number of aliphatic hydroxyl groups excluding tert-OH is 1. The first-order valence-corrected chi connectivity index (χ1v) is 10.3. The Bertz CT molecular complexity index is 799. The van der Waals surface area contributed by atoms with Gasteiger partial charge in [0.15, 0.2) is 0 Å². The lowest BCUT2D eigenvalue weighted by molar-refractivity contribution is 0.338. The van der Waals surface area contributed by atoms with Crippen molar-refractivity contribution in [3.63, 3.8) is 0 Å². The molecule has 1 aromatic carbocycles. The molecule has 1 aromatic rings. The summed E-state index contributed by atoms with van der Waals surface area (Å²) >= 11 is 6.44.